The molecule has 3 aromatic rings. The molecule has 0 aliphatic heterocycles. The molecule has 1 aromatic heterocycles. The first-order valence-corrected chi connectivity index (χ1v) is 8.53. The number of halogens is 1. The summed E-state index contributed by atoms with van der Waals surface area (Å²) < 4.78 is 13.6. The van der Waals surface area contributed by atoms with Crippen LogP contribution in [0, 0.1) is 5.82 Å². The molecule has 0 aliphatic carbocycles. The van der Waals surface area contributed by atoms with Crippen LogP contribution in [0.15, 0.2) is 65.8 Å². The third-order valence-corrected chi connectivity index (χ3v) is 4.00. The molecule has 0 unspecified atom stereocenters. The van der Waals surface area contributed by atoms with Crippen LogP contribution in [0.2, 0.25) is 0 Å². The van der Waals surface area contributed by atoms with Crippen LogP contribution in [0.25, 0.3) is 11.3 Å². The molecule has 5 nitrogen and oxygen atoms in total. The number of hydrogen-bond donors (Lipinski definition) is 3. The molecule has 0 bridgehead atoms. The van der Waals surface area contributed by atoms with E-state index >= 15 is 0 Å². The number of rotatable bonds is 6. The molecule has 6 heteroatoms. The zero-order chi connectivity index (χ0) is 18.2. The first-order chi connectivity index (χ1) is 12.8. The van der Waals surface area contributed by atoms with Crippen molar-refractivity contribution in [2.45, 2.75) is 13.0 Å². The van der Waals surface area contributed by atoms with Gasteiger partial charge in [0.25, 0.3) is 0 Å². The minimum atomic E-state index is -0.179. The standard InChI is InChI=1S/C20H22FN5/c1-22-20(23-12-11-15-7-5-6-10-17(15)21)25-14-19-24-13-18(26-19)16-8-3-2-4-9-16/h2-10,13H,11-12,14H2,1H3,(H,24,26)(H2,22,23,25). The molecule has 0 radical (unpaired) electrons. The van der Waals surface area contributed by atoms with E-state index in [1.165, 1.54) is 6.07 Å². The Kier molecular flexibility index (Phi) is 5.98. The number of aromatic nitrogens is 2. The summed E-state index contributed by atoms with van der Waals surface area (Å²) in [6, 6.07) is 16.9. The Morgan fingerprint density at radius 2 is 1.85 bits per heavy atom. The fraction of sp³-hybridized carbons (Fsp3) is 0.200. The first-order valence-electron chi connectivity index (χ1n) is 8.53. The second kappa shape index (κ2) is 8.80. The van der Waals surface area contributed by atoms with Gasteiger partial charge in [-0.1, -0.05) is 48.5 Å². The number of benzene rings is 2. The number of imidazole rings is 1. The Hall–Kier alpha value is -3.15. The maximum Gasteiger partial charge on any atom is 0.191 e. The summed E-state index contributed by atoms with van der Waals surface area (Å²) in [7, 11) is 1.70. The number of nitrogens with one attached hydrogen (secondary N) is 3. The summed E-state index contributed by atoms with van der Waals surface area (Å²) >= 11 is 0. The average Bonchev–Trinajstić information content (AvgIpc) is 3.16. The van der Waals surface area contributed by atoms with E-state index in [0.717, 1.165) is 17.1 Å². The van der Waals surface area contributed by atoms with Crippen molar-refractivity contribution in [3.8, 4) is 11.3 Å². The van der Waals surface area contributed by atoms with Crippen molar-refractivity contribution in [3.63, 3.8) is 0 Å². The third-order valence-electron chi connectivity index (χ3n) is 4.00. The van der Waals surface area contributed by atoms with Gasteiger partial charge in [0.05, 0.1) is 18.4 Å². The zero-order valence-electron chi connectivity index (χ0n) is 14.7. The summed E-state index contributed by atoms with van der Waals surface area (Å²) in [5, 5.41) is 6.39. The number of guanidine groups is 1. The molecule has 0 atom stereocenters. The molecule has 0 saturated heterocycles. The number of H-pyrrole nitrogens is 1. The average molecular weight is 351 g/mol. The fourth-order valence-electron chi connectivity index (χ4n) is 2.62. The van der Waals surface area contributed by atoms with E-state index in [-0.39, 0.29) is 5.82 Å². The summed E-state index contributed by atoms with van der Waals surface area (Å²) in [6.07, 6.45) is 2.41. The van der Waals surface area contributed by atoms with Crippen LogP contribution in [0.3, 0.4) is 0 Å². The monoisotopic (exact) mass is 351 g/mol. The van der Waals surface area contributed by atoms with E-state index in [2.05, 4.69) is 25.6 Å². The smallest absolute Gasteiger partial charge is 0.191 e. The largest absolute Gasteiger partial charge is 0.356 e. The topological polar surface area (TPSA) is 65.1 Å². The van der Waals surface area contributed by atoms with Crippen molar-refractivity contribution in [2.75, 3.05) is 13.6 Å². The van der Waals surface area contributed by atoms with Gasteiger partial charge in [0.1, 0.15) is 11.6 Å². The van der Waals surface area contributed by atoms with E-state index in [1.807, 2.05) is 42.6 Å². The molecule has 0 fully saturated rings. The molecule has 0 saturated carbocycles. The second-order valence-corrected chi connectivity index (χ2v) is 5.80. The van der Waals surface area contributed by atoms with Gasteiger partial charge in [-0.3, -0.25) is 4.99 Å². The molecule has 0 aliphatic rings. The summed E-state index contributed by atoms with van der Waals surface area (Å²) in [5.74, 6) is 1.29. The summed E-state index contributed by atoms with van der Waals surface area (Å²) in [6.45, 7) is 1.11. The lowest BCUT2D eigenvalue weighted by atomic mass is 10.1. The molecular formula is C20H22FN5. The third kappa shape index (κ3) is 4.69. The highest BCUT2D eigenvalue weighted by Gasteiger charge is 2.05. The fourth-order valence-corrected chi connectivity index (χ4v) is 2.62. The minimum Gasteiger partial charge on any atom is -0.356 e. The highest BCUT2D eigenvalue weighted by atomic mass is 19.1. The molecule has 0 spiro atoms. The van der Waals surface area contributed by atoms with E-state index in [1.54, 1.807) is 19.2 Å². The SMILES string of the molecule is CN=C(NCCc1ccccc1F)NCc1ncc(-c2ccccc2)[nH]1. The Morgan fingerprint density at radius 3 is 2.62 bits per heavy atom. The van der Waals surface area contributed by atoms with E-state index < -0.39 is 0 Å². The number of nitrogens with zero attached hydrogens (tertiary/aromatic N) is 2. The molecule has 26 heavy (non-hydrogen) atoms. The van der Waals surface area contributed by atoms with Crippen LogP contribution < -0.4 is 10.6 Å². The number of hydrogen-bond acceptors (Lipinski definition) is 2. The van der Waals surface area contributed by atoms with Crippen molar-refractivity contribution in [3.05, 3.63) is 78.0 Å². The predicted octanol–water partition coefficient (Wildman–Crippen LogP) is 3.12. The molecule has 0 amide bonds. The number of aliphatic imine (C=N–C) groups is 1. The highest BCUT2D eigenvalue weighted by molar-refractivity contribution is 5.79. The maximum absolute atomic E-state index is 13.6. The Bertz CT molecular complexity index is 857. The predicted molar refractivity (Wildman–Crippen MR) is 102 cm³/mol. The van der Waals surface area contributed by atoms with E-state index in [0.29, 0.717) is 31.0 Å². The van der Waals surface area contributed by atoms with Crippen LogP contribution in [-0.2, 0) is 13.0 Å². The van der Waals surface area contributed by atoms with Gasteiger partial charge >= 0.3 is 0 Å². The van der Waals surface area contributed by atoms with Gasteiger partial charge in [0.15, 0.2) is 5.96 Å². The van der Waals surface area contributed by atoms with Gasteiger partial charge < -0.3 is 15.6 Å². The van der Waals surface area contributed by atoms with Crippen molar-refractivity contribution in [1.29, 1.82) is 0 Å². The maximum atomic E-state index is 13.6. The minimum absolute atomic E-state index is 0.179. The lowest BCUT2D eigenvalue weighted by Crippen LogP contribution is -2.38. The highest BCUT2D eigenvalue weighted by Crippen LogP contribution is 2.15. The van der Waals surface area contributed by atoms with Crippen LogP contribution in [0.5, 0.6) is 0 Å². The van der Waals surface area contributed by atoms with Crippen LogP contribution >= 0.6 is 0 Å². The Morgan fingerprint density at radius 1 is 1.08 bits per heavy atom. The summed E-state index contributed by atoms with van der Waals surface area (Å²) in [4.78, 5) is 11.9. The van der Waals surface area contributed by atoms with Crippen molar-refractivity contribution in [1.82, 2.24) is 20.6 Å². The summed E-state index contributed by atoms with van der Waals surface area (Å²) in [5.41, 5.74) is 2.76. The van der Waals surface area contributed by atoms with Crippen LogP contribution in [0.4, 0.5) is 4.39 Å². The van der Waals surface area contributed by atoms with Crippen molar-refractivity contribution >= 4 is 5.96 Å². The van der Waals surface area contributed by atoms with Gasteiger partial charge in [-0.25, -0.2) is 9.37 Å². The van der Waals surface area contributed by atoms with Gasteiger partial charge in [-0.05, 0) is 23.6 Å². The van der Waals surface area contributed by atoms with Crippen LogP contribution in [-0.4, -0.2) is 29.5 Å². The molecule has 134 valence electrons. The molecule has 2 aromatic carbocycles. The molecule has 3 N–H and O–H groups in total. The van der Waals surface area contributed by atoms with Crippen molar-refractivity contribution in [2.24, 2.45) is 4.99 Å². The first kappa shape index (κ1) is 17.7. The van der Waals surface area contributed by atoms with Gasteiger partial charge in [0.2, 0.25) is 0 Å². The molecule has 3 rings (SSSR count). The lowest BCUT2D eigenvalue weighted by Gasteiger charge is -2.11. The van der Waals surface area contributed by atoms with E-state index in [9.17, 15) is 4.39 Å². The lowest BCUT2D eigenvalue weighted by molar-refractivity contribution is 0.606. The quantitative estimate of drug-likeness (QED) is 0.472. The normalized spacial score (nSPS) is 11.4. The van der Waals surface area contributed by atoms with Gasteiger partial charge in [0, 0.05) is 13.6 Å². The van der Waals surface area contributed by atoms with Crippen LogP contribution in [0.1, 0.15) is 11.4 Å². The zero-order valence-corrected chi connectivity index (χ0v) is 14.7. The van der Waals surface area contributed by atoms with E-state index in [4.69, 9.17) is 0 Å². The van der Waals surface area contributed by atoms with Crippen molar-refractivity contribution < 1.29 is 4.39 Å². The van der Waals surface area contributed by atoms with Gasteiger partial charge in [-0.15, -0.1) is 0 Å². The second-order valence-electron chi connectivity index (χ2n) is 5.80. The Balaban J connectivity index is 1.49. The number of aromatic amines is 1. The Labute approximate surface area is 152 Å². The van der Waals surface area contributed by atoms with Gasteiger partial charge in [-0.2, -0.15) is 0 Å². The molecule has 1 heterocycles. The molecular weight excluding hydrogens is 329 g/mol.